The molecule has 88 valence electrons. The average molecular weight is 218 g/mol. The molecule has 0 aliphatic rings. The lowest BCUT2D eigenvalue weighted by atomic mass is 10.2. The van der Waals surface area contributed by atoms with Gasteiger partial charge in [0.25, 0.3) is 0 Å². The molecule has 0 aromatic rings. The fourth-order valence-electron chi connectivity index (χ4n) is 1.15. The van der Waals surface area contributed by atoms with Crippen molar-refractivity contribution in [2.75, 3.05) is 6.61 Å². The van der Waals surface area contributed by atoms with Crippen LogP contribution in [0.3, 0.4) is 0 Å². The predicted molar refractivity (Wildman–Crippen MR) is 72.2 cm³/mol. The Labute approximate surface area is 99.5 Å². The molecule has 0 N–H and O–H groups in total. The third kappa shape index (κ3) is 6.88. The van der Waals surface area contributed by atoms with Gasteiger partial charge in [0, 0.05) is 0 Å². The maximum absolute atomic E-state index is 5.69. The van der Waals surface area contributed by atoms with Crippen molar-refractivity contribution in [2.45, 2.75) is 27.7 Å². The molecule has 0 unspecified atom stereocenters. The highest BCUT2D eigenvalue weighted by atomic mass is 16.5. The molecule has 0 rings (SSSR count). The van der Waals surface area contributed by atoms with Gasteiger partial charge in [0.2, 0.25) is 0 Å². The molecule has 0 aromatic carbocycles. The maximum atomic E-state index is 5.69. The van der Waals surface area contributed by atoms with Crippen molar-refractivity contribution in [1.29, 1.82) is 0 Å². The summed E-state index contributed by atoms with van der Waals surface area (Å²) in [6.07, 6.45) is 11.7. The van der Waals surface area contributed by atoms with Crippen LogP contribution in [-0.2, 0) is 4.74 Å². The van der Waals surface area contributed by atoms with Gasteiger partial charge in [0.15, 0.2) is 0 Å². The largest absolute Gasteiger partial charge is 0.489 e. The molecule has 0 saturated carbocycles. The zero-order valence-electron chi connectivity index (χ0n) is 10.8. The number of allylic oxidation sites excluding steroid dienone is 6. The number of hydrogen-bond acceptors (Lipinski definition) is 1. The molecule has 0 bridgehead atoms. The summed E-state index contributed by atoms with van der Waals surface area (Å²) in [5, 5.41) is 0. The fraction of sp³-hybridized carbons (Fsp3) is 0.333. The molecule has 0 atom stereocenters. The van der Waals surface area contributed by atoms with E-state index in [0.29, 0.717) is 6.61 Å². The van der Waals surface area contributed by atoms with Crippen LogP contribution < -0.4 is 0 Å². The van der Waals surface area contributed by atoms with Crippen LogP contribution in [0.5, 0.6) is 0 Å². The van der Waals surface area contributed by atoms with E-state index in [1.54, 1.807) is 6.08 Å². The summed E-state index contributed by atoms with van der Waals surface area (Å²) in [5.74, 6) is 0.846. The van der Waals surface area contributed by atoms with Crippen LogP contribution in [0.25, 0.3) is 0 Å². The SMILES string of the molecule is C=C/C=C(\C=C(C)C)OCC(/C=C\C)=C/C. The van der Waals surface area contributed by atoms with Gasteiger partial charge < -0.3 is 4.74 Å². The van der Waals surface area contributed by atoms with E-state index in [1.807, 2.05) is 58.1 Å². The van der Waals surface area contributed by atoms with Crippen LogP contribution in [0.1, 0.15) is 27.7 Å². The third-order valence-corrected chi connectivity index (χ3v) is 1.87. The van der Waals surface area contributed by atoms with E-state index in [9.17, 15) is 0 Å². The molecule has 0 fully saturated rings. The van der Waals surface area contributed by atoms with Crippen molar-refractivity contribution in [3.63, 3.8) is 0 Å². The van der Waals surface area contributed by atoms with Crippen molar-refractivity contribution in [2.24, 2.45) is 0 Å². The zero-order chi connectivity index (χ0) is 12.4. The van der Waals surface area contributed by atoms with Crippen LogP contribution in [-0.4, -0.2) is 6.61 Å². The van der Waals surface area contributed by atoms with E-state index >= 15 is 0 Å². The van der Waals surface area contributed by atoms with Gasteiger partial charge in [-0.05, 0) is 45.4 Å². The molecule has 0 spiro atoms. The first-order valence-electron chi connectivity index (χ1n) is 5.52. The molecule has 0 aromatic heterocycles. The molecule has 0 aliphatic carbocycles. The van der Waals surface area contributed by atoms with Crippen molar-refractivity contribution < 1.29 is 4.74 Å². The lowest BCUT2D eigenvalue weighted by molar-refractivity contribution is 0.255. The van der Waals surface area contributed by atoms with Gasteiger partial charge in [0.1, 0.15) is 12.4 Å². The first-order valence-corrected chi connectivity index (χ1v) is 5.52. The third-order valence-electron chi connectivity index (χ3n) is 1.87. The van der Waals surface area contributed by atoms with Gasteiger partial charge in [-0.1, -0.05) is 36.5 Å². The summed E-state index contributed by atoms with van der Waals surface area (Å²) in [6.45, 7) is 12.4. The fourth-order valence-corrected chi connectivity index (χ4v) is 1.15. The summed E-state index contributed by atoms with van der Waals surface area (Å²) in [6, 6.07) is 0. The highest BCUT2D eigenvalue weighted by Crippen LogP contribution is 2.08. The second-order valence-corrected chi connectivity index (χ2v) is 3.68. The molecule has 16 heavy (non-hydrogen) atoms. The van der Waals surface area contributed by atoms with Crippen molar-refractivity contribution in [1.82, 2.24) is 0 Å². The van der Waals surface area contributed by atoms with E-state index in [1.165, 1.54) is 11.1 Å². The molecule has 0 radical (unpaired) electrons. The minimum absolute atomic E-state index is 0.588. The zero-order valence-corrected chi connectivity index (χ0v) is 10.8. The molecule has 1 heteroatoms. The van der Waals surface area contributed by atoms with E-state index in [0.717, 1.165) is 5.76 Å². The smallest absolute Gasteiger partial charge is 0.119 e. The minimum Gasteiger partial charge on any atom is -0.489 e. The normalized spacial score (nSPS) is 12.8. The van der Waals surface area contributed by atoms with Crippen molar-refractivity contribution >= 4 is 0 Å². The van der Waals surface area contributed by atoms with Crippen LogP contribution in [0, 0.1) is 0 Å². The quantitative estimate of drug-likeness (QED) is 0.469. The van der Waals surface area contributed by atoms with Gasteiger partial charge in [-0.25, -0.2) is 0 Å². The second kappa shape index (κ2) is 8.78. The van der Waals surface area contributed by atoms with E-state index in [-0.39, 0.29) is 0 Å². The van der Waals surface area contributed by atoms with E-state index in [4.69, 9.17) is 4.74 Å². The van der Waals surface area contributed by atoms with Gasteiger partial charge >= 0.3 is 0 Å². The second-order valence-electron chi connectivity index (χ2n) is 3.68. The molecular weight excluding hydrogens is 196 g/mol. The Bertz CT molecular complexity index is 323. The summed E-state index contributed by atoms with van der Waals surface area (Å²) >= 11 is 0. The van der Waals surface area contributed by atoms with Gasteiger partial charge in [-0.2, -0.15) is 0 Å². The number of rotatable bonds is 6. The molecule has 0 heterocycles. The van der Waals surface area contributed by atoms with Gasteiger partial charge in [0.05, 0.1) is 0 Å². The Morgan fingerprint density at radius 2 is 1.94 bits per heavy atom. The van der Waals surface area contributed by atoms with E-state index in [2.05, 4.69) is 6.58 Å². The topological polar surface area (TPSA) is 9.23 Å². The first-order chi connectivity index (χ1) is 7.63. The highest BCUT2D eigenvalue weighted by molar-refractivity contribution is 5.23. The standard InChI is InChI=1S/C15H22O/c1-6-9-14(8-3)12-16-15(10-7-2)11-13(4)5/h6-11H,2,12H2,1,3-5H3/b9-6-,14-8+,15-10+. The Morgan fingerprint density at radius 1 is 1.25 bits per heavy atom. The summed E-state index contributed by atoms with van der Waals surface area (Å²) in [4.78, 5) is 0. The monoisotopic (exact) mass is 218 g/mol. The van der Waals surface area contributed by atoms with Crippen LogP contribution in [0.2, 0.25) is 0 Å². The summed E-state index contributed by atoms with van der Waals surface area (Å²) in [5.41, 5.74) is 2.38. The molecule has 0 aliphatic heterocycles. The van der Waals surface area contributed by atoms with Crippen LogP contribution in [0.15, 0.2) is 59.9 Å². The van der Waals surface area contributed by atoms with Gasteiger partial charge in [-0.15, -0.1) is 0 Å². The summed E-state index contributed by atoms with van der Waals surface area (Å²) < 4.78 is 5.69. The maximum Gasteiger partial charge on any atom is 0.119 e. The first kappa shape index (κ1) is 14.5. The highest BCUT2D eigenvalue weighted by Gasteiger charge is 1.95. The molecule has 1 nitrogen and oxygen atoms in total. The van der Waals surface area contributed by atoms with Crippen molar-refractivity contribution in [3.05, 3.63) is 59.9 Å². The molecule has 0 saturated heterocycles. The predicted octanol–water partition coefficient (Wildman–Crippen LogP) is 4.56. The van der Waals surface area contributed by atoms with Crippen LogP contribution in [0.4, 0.5) is 0 Å². The number of ether oxygens (including phenoxy) is 1. The van der Waals surface area contributed by atoms with Gasteiger partial charge in [-0.3, -0.25) is 0 Å². The Balaban J connectivity index is 4.50. The van der Waals surface area contributed by atoms with Crippen LogP contribution >= 0.6 is 0 Å². The molecular formula is C15H22O. The Morgan fingerprint density at radius 3 is 2.38 bits per heavy atom. The summed E-state index contributed by atoms with van der Waals surface area (Å²) in [7, 11) is 0. The Hall–Kier alpha value is -1.50. The average Bonchev–Trinajstić information content (AvgIpc) is 2.23. The molecule has 0 amide bonds. The van der Waals surface area contributed by atoms with Crippen molar-refractivity contribution in [3.8, 4) is 0 Å². The number of hydrogen-bond donors (Lipinski definition) is 0. The lowest BCUT2D eigenvalue weighted by Crippen LogP contribution is -1.95. The minimum atomic E-state index is 0.588. The lowest BCUT2D eigenvalue weighted by Gasteiger charge is -2.07. The van der Waals surface area contributed by atoms with E-state index < -0.39 is 0 Å². The Kier molecular flexibility index (Phi) is 7.96.